The molecular weight excluding hydrogens is 413 g/mol. The minimum Gasteiger partial charge on any atom is -0.468 e. The van der Waals surface area contributed by atoms with Crippen LogP contribution in [0.5, 0.6) is 5.75 Å². The van der Waals surface area contributed by atoms with Gasteiger partial charge < -0.3 is 4.74 Å². The normalized spacial score (nSPS) is 20.2. The Bertz CT molecular complexity index is 1260. The van der Waals surface area contributed by atoms with Gasteiger partial charge in [-0.15, -0.1) is 0 Å². The van der Waals surface area contributed by atoms with E-state index in [0.29, 0.717) is 10.9 Å². The summed E-state index contributed by atoms with van der Waals surface area (Å²) in [5.74, 6) is 4.47. The van der Waals surface area contributed by atoms with Crippen molar-refractivity contribution in [2.75, 3.05) is 0 Å². The summed E-state index contributed by atoms with van der Waals surface area (Å²) in [7, 11) is 0. The van der Waals surface area contributed by atoms with Crippen molar-refractivity contribution < 1.29 is 27.6 Å². The molecule has 1 aliphatic rings. The second-order valence-electron chi connectivity index (χ2n) is 6.78. The largest absolute Gasteiger partial charge is 0.468 e. The van der Waals surface area contributed by atoms with Crippen LogP contribution >= 0.6 is 0 Å². The van der Waals surface area contributed by atoms with Gasteiger partial charge in [0, 0.05) is 23.3 Å². The van der Waals surface area contributed by atoms with Crippen molar-refractivity contribution in [1.29, 1.82) is 0 Å². The Morgan fingerprint density at radius 3 is 2.58 bits per heavy atom. The predicted octanol–water partition coefficient (Wildman–Crippen LogP) is 4.06. The Morgan fingerprint density at radius 1 is 1.13 bits per heavy atom. The molecular formula is C22H13F3N2O4. The third-order valence-corrected chi connectivity index (χ3v) is 4.91. The second kappa shape index (κ2) is 7.41. The molecule has 9 heteroatoms. The Balaban J connectivity index is 1.98. The molecule has 2 unspecified atom stereocenters. The van der Waals surface area contributed by atoms with E-state index in [0.717, 1.165) is 23.6 Å². The topological polar surface area (TPSA) is 81.5 Å². The first-order chi connectivity index (χ1) is 14.7. The Hall–Kier alpha value is -3.90. The van der Waals surface area contributed by atoms with E-state index in [9.17, 15) is 28.1 Å². The van der Waals surface area contributed by atoms with Crippen LogP contribution in [0.15, 0.2) is 60.7 Å². The van der Waals surface area contributed by atoms with E-state index < -0.39 is 34.1 Å². The molecule has 156 valence electrons. The molecule has 0 saturated heterocycles. The predicted molar refractivity (Wildman–Crippen MR) is 105 cm³/mol. The van der Waals surface area contributed by atoms with Gasteiger partial charge in [-0.05, 0) is 22.9 Å². The average molecular weight is 426 g/mol. The number of aldehydes is 1. The lowest BCUT2D eigenvalue weighted by atomic mass is 9.86. The maximum Gasteiger partial charge on any atom is 0.422 e. The number of non-ortho nitro benzene ring substituents is 1. The molecule has 0 saturated carbocycles. The summed E-state index contributed by atoms with van der Waals surface area (Å²) < 4.78 is 48.5. The summed E-state index contributed by atoms with van der Waals surface area (Å²) in [4.78, 5) is 21.6. The first-order valence-corrected chi connectivity index (χ1v) is 9.01. The van der Waals surface area contributed by atoms with Gasteiger partial charge in [0.1, 0.15) is 5.75 Å². The highest BCUT2D eigenvalue weighted by Gasteiger charge is 2.60. The van der Waals surface area contributed by atoms with Crippen molar-refractivity contribution in [2.45, 2.75) is 17.9 Å². The fourth-order valence-electron chi connectivity index (χ4n) is 3.45. The first-order valence-electron chi connectivity index (χ1n) is 9.01. The quantitative estimate of drug-likeness (QED) is 0.289. The molecule has 4 rings (SSSR count). The van der Waals surface area contributed by atoms with E-state index in [1.165, 1.54) is 0 Å². The van der Waals surface area contributed by atoms with Gasteiger partial charge in [-0.2, -0.15) is 13.2 Å². The molecule has 0 aromatic heterocycles. The molecule has 3 aromatic carbocycles. The van der Waals surface area contributed by atoms with E-state index in [-0.39, 0.29) is 12.0 Å². The second-order valence-corrected chi connectivity index (χ2v) is 6.78. The van der Waals surface area contributed by atoms with Crippen LogP contribution in [0.25, 0.3) is 10.8 Å². The Morgan fingerprint density at radius 2 is 1.87 bits per heavy atom. The summed E-state index contributed by atoms with van der Waals surface area (Å²) in [5, 5.41) is 14.7. The van der Waals surface area contributed by atoms with Crippen molar-refractivity contribution in [3.05, 3.63) is 81.9 Å². The molecule has 1 heterocycles. The minimum absolute atomic E-state index is 0.171. The number of carbonyl (C=O) groups excluding carboxylic acids is 1. The molecule has 0 aliphatic carbocycles. The highest BCUT2D eigenvalue weighted by atomic mass is 19.4. The van der Waals surface area contributed by atoms with E-state index in [1.807, 2.05) is 0 Å². The molecule has 0 radical (unpaired) electrons. The summed E-state index contributed by atoms with van der Waals surface area (Å²) in [5.41, 5.74) is -3.87. The molecule has 3 aromatic rings. The lowest BCUT2D eigenvalue weighted by Crippen LogP contribution is -2.61. The number of nitrogens with zero attached hydrogens (tertiary/aromatic N) is 1. The van der Waals surface area contributed by atoms with E-state index >= 15 is 0 Å². The van der Waals surface area contributed by atoms with Crippen molar-refractivity contribution >= 4 is 22.7 Å². The number of halogens is 3. The van der Waals surface area contributed by atoms with Crippen LogP contribution in [0.3, 0.4) is 0 Å². The molecule has 0 fully saturated rings. The number of nitrogens with one attached hydrogen (secondary N) is 1. The SMILES string of the molecule is O=CC1NC(C#Cc2cccc3ccccc23)(C(F)(F)F)c2cc([N+](=O)[O-])ccc2O1. The van der Waals surface area contributed by atoms with Crippen molar-refractivity contribution in [1.82, 2.24) is 5.32 Å². The lowest BCUT2D eigenvalue weighted by molar-refractivity contribution is -0.385. The molecule has 0 spiro atoms. The van der Waals surface area contributed by atoms with Gasteiger partial charge in [-0.1, -0.05) is 48.2 Å². The monoisotopic (exact) mass is 426 g/mol. The Kier molecular flexibility index (Phi) is 4.87. The summed E-state index contributed by atoms with van der Waals surface area (Å²) in [6.45, 7) is 0. The molecule has 1 aliphatic heterocycles. The maximum absolute atomic E-state index is 14.4. The zero-order chi connectivity index (χ0) is 22.2. The van der Waals surface area contributed by atoms with Crippen LogP contribution in [0.1, 0.15) is 11.1 Å². The van der Waals surface area contributed by atoms with Crippen LogP contribution in [-0.4, -0.2) is 23.6 Å². The number of nitro groups is 1. The van der Waals surface area contributed by atoms with Crippen molar-refractivity contribution in [3.63, 3.8) is 0 Å². The zero-order valence-electron chi connectivity index (χ0n) is 15.6. The third-order valence-electron chi connectivity index (χ3n) is 4.91. The van der Waals surface area contributed by atoms with Crippen LogP contribution in [-0.2, 0) is 10.3 Å². The van der Waals surface area contributed by atoms with Gasteiger partial charge in [0.2, 0.25) is 11.8 Å². The summed E-state index contributed by atoms with van der Waals surface area (Å²) in [6.07, 6.45) is -6.50. The highest BCUT2D eigenvalue weighted by Crippen LogP contribution is 2.46. The highest BCUT2D eigenvalue weighted by molar-refractivity contribution is 5.88. The number of hydrogen-bond acceptors (Lipinski definition) is 5. The number of fused-ring (bicyclic) bond motifs is 2. The molecule has 2 atom stereocenters. The number of benzene rings is 3. The molecule has 0 bridgehead atoms. The molecule has 6 nitrogen and oxygen atoms in total. The van der Waals surface area contributed by atoms with E-state index in [1.54, 1.807) is 42.5 Å². The first kappa shape index (κ1) is 20.4. The molecule has 1 N–H and O–H groups in total. The number of nitro benzene ring substituents is 1. The van der Waals surface area contributed by atoms with Crippen molar-refractivity contribution in [3.8, 4) is 17.6 Å². The average Bonchev–Trinajstić information content (AvgIpc) is 2.75. The minimum atomic E-state index is -5.03. The van der Waals surface area contributed by atoms with Gasteiger partial charge in [0.05, 0.1) is 4.92 Å². The van der Waals surface area contributed by atoms with E-state index in [4.69, 9.17) is 4.74 Å². The van der Waals surface area contributed by atoms with Crippen LogP contribution in [0.4, 0.5) is 18.9 Å². The zero-order valence-corrected chi connectivity index (χ0v) is 15.6. The fraction of sp³-hybridized carbons (Fsp3) is 0.136. The number of rotatable bonds is 2. The Labute approximate surface area is 173 Å². The maximum atomic E-state index is 14.4. The lowest BCUT2D eigenvalue weighted by Gasteiger charge is -2.39. The summed E-state index contributed by atoms with van der Waals surface area (Å²) >= 11 is 0. The van der Waals surface area contributed by atoms with Gasteiger partial charge in [0.25, 0.3) is 5.69 Å². The number of hydrogen-bond donors (Lipinski definition) is 1. The van der Waals surface area contributed by atoms with E-state index in [2.05, 4.69) is 17.2 Å². The number of carbonyl (C=O) groups is 1. The van der Waals surface area contributed by atoms with Crippen LogP contribution < -0.4 is 10.1 Å². The number of ether oxygens (including phenoxy) is 1. The fourth-order valence-corrected chi connectivity index (χ4v) is 3.45. The standard InChI is InChI=1S/C22H13F3N2O4/c23-22(24,25)21(11-10-15-6-3-5-14-4-1-2-7-17(14)15)18-12-16(27(29)30)8-9-19(18)31-20(13-28)26-21/h1-9,12-13,20,26H. The van der Waals surface area contributed by atoms with Crippen molar-refractivity contribution in [2.24, 2.45) is 0 Å². The molecule has 31 heavy (non-hydrogen) atoms. The smallest absolute Gasteiger partial charge is 0.422 e. The van der Waals surface area contributed by atoms with Gasteiger partial charge in [-0.3, -0.25) is 14.9 Å². The summed E-state index contributed by atoms with van der Waals surface area (Å²) in [6, 6.07) is 14.9. The van der Waals surface area contributed by atoms with Crippen LogP contribution in [0, 0.1) is 22.0 Å². The third kappa shape index (κ3) is 3.47. The van der Waals surface area contributed by atoms with Crippen LogP contribution in [0.2, 0.25) is 0 Å². The van der Waals surface area contributed by atoms with Gasteiger partial charge in [-0.25, -0.2) is 5.32 Å². The molecule has 0 amide bonds. The van der Waals surface area contributed by atoms with Gasteiger partial charge in [0.15, 0.2) is 6.29 Å². The number of alkyl halides is 3. The van der Waals surface area contributed by atoms with Gasteiger partial charge >= 0.3 is 6.18 Å².